The molecule has 0 aliphatic rings. The fourth-order valence-electron chi connectivity index (χ4n) is 1.40. The number of hydrogen-bond acceptors (Lipinski definition) is 3. The molecule has 0 aliphatic carbocycles. The Labute approximate surface area is 122 Å². The number of nitrogens with two attached hydrogens (primary N) is 1. The van der Waals surface area contributed by atoms with Gasteiger partial charge in [0.25, 0.3) is 0 Å². The van der Waals surface area contributed by atoms with Gasteiger partial charge in [0.2, 0.25) is 5.91 Å². The van der Waals surface area contributed by atoms with E-state index in [2.05, 4.69) is 21.2 Å². The molecule has 1 aromatic carbocycles. The maximum absolute atomic E-state index is 12.0. The SMILES string of the molecule is NC(C(=O)Nc1cc(Br)ccc1Cl)c1cccs1. The van der Waals surface area contributed by atoms with Crippen molar-refractivity contribution in [1.82, 2.24) is 0 Å². The van der Waals surface area contributed by atoms with Crippen LogP contribution in [0.2, 0.25) is 5.02 Å². The molecule has 0 bridgehead atoms. The first-order valence-electron chi connectivity index (χ1n) is 5.13. The molecule has 0 saturated carbocycles. The third-order valence-electron chi connectivity index (χ3n) is 2.32. The molecule has 0 radical (unpaired) electrons. The molecule has 1 unspecified atom stereocenters. The van der Waals surface area contributed by atoms with Crippen LogP contribution in [0.4, 0.5) is 5.69 Å². The Kier molecular flexibility index (Phi) is 4.40. The van der Waals surface area contributed by atoms with Crippen LogP contribution in [0.1, 0.15) is 10.9 Å². The van der Waals surface area contributed by atoms with Crippen molar-refractivity contribution < 1.29 is 4.79 Å². The zero-order chi connectivity index (χ0) is 13.1. The Morgan fingerprint density at radius 2 is 2.22 bits per heavy atom. The molecule has 1 aromatic heterocycles. The van der Waals surface area contributed by atoms with Crippen molar-refractivity contribution in [3.8, 4) is 0 Å². The molecule has 0 spiro atoms. The van der Waals surface area contributed by atoms with Gasteiger partial charge in [-0.3, -0.25) is 4.79 Å². The maximum Gasteiger partial charge on any atom is 0.246 e. The monoisotopic (exact) mass is 344 g/mol. The lowest BCUT2D eigenvalue weighted by atomic mass is 10.2. The van der Waals surface area contributed by atoms with Gasteiger partial charge in [-0.2, -0.15) is 0 Å². The predicted molar refractivity (Wildman–Crippen MR) is 79.0 cm³/mol. The van der Waals surface area contributed by atoms with Crippen LogP contribution < -0.4 is 11.1 Å². The lowest BCUT2D eigenvalue weighted by Crippen LogP contribution is -2.27. The van der Waals surface area contributed by atoms with Gasteiger partial charge in [-0.05, 0) is 29.6 Å². The van der Waals surface area contributed by atoms with Gasteiger partial charge in [0.05, 0.1) is 10.7 Å². The Morgan fingerprint density at radius 3 is 2.89 bits per heavy atom. The summed E-state index contributed by atoms with van der Waals surface area (Å²) < 4.78 is 0.840. The number of benzene rings is 1. The van der Waals surface area contributed by atoms with E-state index in [-0.39, 0.29) is 5.91 Å². The van der Waals surface area contributed by atoms with Crippen molar-refractivity contribution in [2.24, 2.45) is 5.73 Å². The lowest BCUT2D eigenvalue weighted by Gasteiger charge is -2.12. The average Bonchev–Trinajstić information content (AvgIpc) is 2.86. The molecular formula is C12H10BrClN2OS. The number of carbonyl (C=O) groups is 1. The van der Waals surface area contributed by atoms with Crippen molar-refractivity contribution in [3.63, 3.8) is 0 Å². The number of rotatable bonds is 3. The van der Waals surface area contributed by atoms with E-state index >= 15 is 0 Å². The van der Waals surface area contributed by atoms with Gasteiger partial charge in [-0.15, -0.1) is 11.3 Å². The predicted octanol–water partition coefficient (Wildman–Crippen LogP) is 3.80. The zero-order valence-electron chi connectivity index (χ0n) is 9.19. The minimum atomic E-state index is -0.681. The highest BCUT2D eigenvalue weighted by atomic mass is 79.9. The van der Waals surface area contributed by atoms with Crippen molar-refractivity contribution in [3.05, 3.63) is 50.1 Å². The summed E-state index contributed by atoms with van der Waals surface area (Å²) in [5, 5.41) is 5.08. The topological polar surface area (TPSA) is 55.1 Å². The molecule has 3 nitrogen and oxygen atoms in total. The van der Waals surface area contributed by atoms with E-state index in [1.54, 1.807) is 18.2 Å². The van der Waals surface area contributed by atoms with Gasteiger partial charge >= 0.3 is 0 Å². The quantitative estimate of drug-likeness (QED) is 0.889. The smallest absolute Gasteiger partial charge is 0.246 e. The summed E-state index contributed by atoms with van der Waals surface area (Å²) in [6.07, 6.45) is 0. The van der Waals surface area contributed by atoms with Gasteiger partial charge in [0.1, 0.15) is 6.04 Å². The highest BCUT2D eigenvalue weighted by Crippen LogP contribution is 2.27. The summed E-state index contributed by atoms with van der Waals surface area (Å²) >= 11 is 10.8. The highest BCUT2D eigenvalue weighted by Gasteiger charge is 2.17. The van der Waals surface area contributed by atoms with E-state index in [1.807, 2.05) is 17.5 Å². The third kappa shape index (κ3) is 3.11. The second kappa shape index (κ2) is 5.84. The summed E-state index contributed by atoms with van der Waals surface area (Å²) in [5.41, 5.74) is 6.41. The number of hydrogen-bond donors (Lipinski definition) is 2. The number of anilines is 1. The molecule has 2 aromatic rings. The van der Waals surface area contributed by atoms with Crippen LogP contribution in [-0.4, -0.2) is 5.91 Å². The minimum absolute atomic E-state index is 0.280. The minimum Gasteiger partial charge on any atom is -0.323 e. The summed E-state index contributed by atoms with van der Waals surface area (Å²) in [6, 6.07) is 8.26. The van der Waals surface area contributed by atoms with Crippen LogP contribution in [0.5, 0.6) is 0 Å². The number of nitrogens with one attached hydrogen (secondary N) is 1. The van der Waals surface area contributed by atoms with Gasteiger partial charge in [-0.1, -0.05) is 33.6 Å². The molecule has 1 amide bonds. The first-order chi connectivity index (χ1) is 8.58. The van der Waals surface area contributed by atoms with Gasteiger partial charge in [0, 0.05) is 9.35 Å². The Hall–Kier alpha value is -0.880. The summed E-state index contributed by atoms with van der Waals surface area (Å²) in [7, 11) is 0. The maximum atomic E-state index is 12.0. The van der Waals surface area contributed by atoms with Gasteiger partial charge in [-0.25, -0.2) is 0 Å². The van der Waals surface area contributed by atoms with E-state index in [9.17, 15) is 4.79 Å². The largest absolute Gasteiger partial charge is 0.323 e. The van der Waals surface area contributed by atoms with Crippen LogP contribution in [0.15, 0.2) is 40.2 Å². The molecule has 1 heterocycles. The molecule has 0 saturated heterocycles. The van der Waals surface area contributed by atoms with Gasteiger partial charge < -0.3 is 11.1 Å². The standard InChI is InChI=1S/C12H10BrClN2OS/c13-7-3-4-8(14)9(6-7)16-12(17)11(15)10-2-1-5-18-10/h1-6,11H,15H2,(H,16,17). The van der Waals surface area contributed by atoms with E-state index in [4.69, 9.17) is 17.3 Å². The number of halogens is 2. The number of thiophene rings is 1. The molecule has 94 valence electrons. The third-order valence-corrected chi connectivity index (χ3v) is 4.10. The fraction of sp³-hybridized carbons (Fsp3) is 0.0833. The number of carbonyl (C=O) groups excluding carboxylic acids is 1. The normalized spacial score (nSPS) is 12.2. The Morgan fingerprint density at radius 1 is 1.44 bits per heavy atom. The summed E-state index contributed by atoms with van der Waals surface area (Å²) in [4.78, 5) is 12.8. The fourth-order valence-corrected chi connectivity index (χ4v) is 2.65. The van der Waals surface area contributed by atoms with Crippen molar-refractivity contribution in [2.75, 3.05) is 5.32 Å². The first kappa shape index (κ1) is 13.5. The molecule has 1 atom stereocenters. The number of amides is 1. The van der Waals surface area contributed by atoms with Crippen LogP contribution in [0, 0.1) is 0 Å². The van der Waals surface area contributed by atoms with Crippen LogP contribution >= 0.6 is 38.9 Å². The lowest BCUT2D eigenvalue weighted by molar-refractivity contribution is -0.117. The van der Waals surface area contributed by atoms with E-state index in [0.29, 0.717) is 10.7 Å². The van der Waals surface area contributed by atoms with Crippen LogP contribution in [0.25, 0.3) is 0 Å². The van der Waals surface area contributed by atoms with Crippen LogP contribution in [-0.2, 0) is 4.79 Å². The van der Waals surface area contributed by atoms with Crippen molar-refractivity contribution >= 4 is 50.5 Å². The van der Waals surface area contributed by atoms with Crippen LogP contribution in [0.3, 0.4) is 0 Å². The van der Waals surface area contributed by atoms with E-state index in [0.717, 1.165) is 9.35 Å². The second-order valence-corrected chi connectivity index (χ2v) is 5.91. The molecular weight excluding hydrogens is 336 g/mol. The summed E-state index contributed by atoms with van der Waals surface area (Å²) in [6.45, 7) is 0. The van der Waals surface area contributed by atoms with Crippen molar-refractivity contribution in [1.29, 1.82) is 0 Å². The molecule has 3 N–H and O–H groups in total. The summed E-state index contributed by atoms with van der Waals surface area (Å²) in [5.74, 6) is -0.280. The second-order valence-electron chi connectivity index (χ2n) is 3.61. The Bertz CT molecular complexity index is 559. The van der Waals surface area contributed by atoms with Gasteiger partial charge in [0.15, 0.2) is 0 Å². The highest BCUT2D eigenvalue weighted by molar-refractivity contribution is 9.10. The molecule has 0 fully saturated rings. The zero-order valence-corrected chi connectivity index (χ0v) is 12.3. The first-order valence-corrected chi connectivity index (χ1v) is 7.18. The molecule has 2 rings (SSSR count). The molecule has 0 aliphatic heterocycles. The Balaban J connectivity index is 2.14. The van der Waals surface area contributed by atoms with E-state index in [1.165, 1.54) is 11.3 Å². The average molecular weight is 346 g/mol. The molecule has 18 heavy (non-hydrogen) atoms. The molecule has 6 heteroatoms. The van der Waals surface area contributed by atoms with E-state index < -0.39 is 6.04 Å². The van der Waals surface area contributed by atoms with Crippen molar-refractivity contribution in [2.45, 2.75) is 6.04 Å².